The zero-order valence-electron chi connectivity index (χ0n) is 11.8. The number of ether oxygens (including phenoxy) is 1. The molecule has 1 aromatic rings. The van der Waals surface area contributed by atoms with Crippen LogP contribution in [0.25, 0.3) is 0 Å². The summed E-state index contributed by atoms with van der Waals surface area (Å²) < 4.78 is 6.14. The SMILES string of the molecule is CCOC1(C(NN)c2cnccn2)CCCC(C)C1. The first-order valence-electron chi connectivity index (χ1n) is 7.08. The maximum atomic E-state index is 6.14. The molecule has 1 aliphatic carbocycles. The second kappa shape index (κ2) is 6.41. The molecule has 3 unspecified atom stereocenters. The van der Waals surface area contributed by atoms with Crippen LogP contribution >= 0.6 is 0 Å². The van der Waals surface area contributed by atoms with E-state index in [0.717, 1.165) is 18.5 Å². The average Bonchev–Trinajstić information content (AvgIpc) is 2.41. The fourth-order valence-electron chi connectivity index (χ4n) is 3.27. The summed E-state index contributed by atoms with van der Waals surface area (Å²) in [5, 5.41) is 0. The topological polar surface area (TPSA) is 73.1 Å². The smallest absolute Gasteiger partial charge is 0.0937 e. The summed E-state index contributed by atoms with van der Waals surface area (Å²) >= 11 is 0. The van der Waals surface area contributed by atoms with Gasteiger partial charge >= 0.3 is 0 Å². The lowest BCUT2D eigenvalue weighted by molar-refractivity contribution is -0.103. The molecule has 1 heterocycles. The van der Waals surface area contributed by atoms with E-state index in [1.807, 2.05) is 6.92 Å². The molecule has 3 N–H and O–H groups in total. The Morgan fingerprint density at radius 2 is 2.42 bits per heavy atom. The van der Waals surface area contributed by atoms with Gasteiger partial charge in [-0.05, 0) is 25.7 Å². The highest BCUT2D eigenvalue weighted by molar-refractivity contribution is 5.11. The van der Waals surface area contributed by atoms with E-state index in [4.69, 9.17) is 10.6 Å². The van der Waals surface area contributed by atoms with Crippen molar-refractivity contribution in [1.82, 2.24) is 15.4 Å². The molecule has 1 fully saturated rings. The van der Waals surface area contributed by atoms with Crippen LogP contribution in [0.3, 0.4) is 0 Å². The Labute approximate surface area is 114 Å². The van der Waals surface area contributed by atoms with Gasteiger partial charge in [-0.25, -0.2) is 5.43 Å². The Hall–Kier alpha value is -1.04. The summed E-state index contributed by atoms with van der Waals surface area (Å²) in [7, 11) is 0. The van der Waals surface area contributed by atoms with Gasteiger partial charge in [0.05, 0.1) is 23.5 Å². The fraction of sp³-hybridized carbons (Fsp3) is 0.714. The van der Waals surface area contributed by atoms with E-state index in [-0.39, 0.29) is 11.6 Å². The molecule has 106 valence electrons. The number of nitrogens with one attached hydrogen (secondary N) is 1. The molecule has 1 aromatic heterocycles. The zero-order valence-corrected chi connectivity index (χ0v) is 11.8. The summed E-state index contributed by atoms with van der Waals surface area (Å²) in [6.07, 6.45) is 9.58. The number of hydrogen-bond donors (Lipinski definition) is 2. The third-order valence-electron chi connectivity index (χ3n) is 3.99. The molecule has 0 saturated heterocycles. The van der Waals surface area contributed by atoms with Crippen molar-refractivity contribution < 1.29 is 4.74 Å². The molecule has 0 radical (unpaired) electrons. The number of nitrogens with zero attached hydrogens (tertiary/aromatic N) is 2. The minimum Gasteiger partial charge on any atom is -0.373 e. The summed E-state index contributed by atoms with van der Waals surface area (Å²) in [6.45, 7) is 4.99. The van der Waals surface area contributed by atoms with Crippen LogP contribution in [0.1, 0.15) is 51.3 Å². The van der Waals surface area contributed by atoms with Crippen molar-refractivity contribution in [1.29, 1.82) is 0 Å². The molecule has 0 amide bonds. The van der Waals surface area contributed by atoms with Gasteiger partial charge in [-0.1, -0.05) is 19.8 Å². The van der Waals surface area contributed by atoms with E-state index in [1.165, 1.54) is 12.8 Å². The van der Waals surface area contributed by atoms with Gasteiger partial charge in [0.1, 0.15) is 0 Å². The van der Waals surface area contributed by atoms with Crippen LogP contribution < -0.4 is 11.3 Å². The molecular weight excluding hydrogens is 240 g/mol. The Bertz CT molecular complexity index is 382. The van der Waals surface area contributed by atoms with Gasteiger partial charge in [-0.3, -0.25) is 15.8 Å². The fourth-order valence-corrected chi connectivity index (χ4v) is 3.27. The van der Waals surface area contributed by atoms with E-state index in [0.29, 0.717) is 12.5 Å². The largest absolute Gasteiger partial charge is 0.373 e. The molecule has 3 atom stereocenters. The van der Waals surface area contributed by atoms with Gasteiger partial charge in [0.15, 0.2) is 0 Å². The minimum absolute atomic E-state index is 0.108. The molecule has 1 saturated carbocycles. The highest BCUT2D eigenvalue weighted by Crippen LogP contribution is 2.42. The lowest BCUT2D eigenvalue weighted by Crippen LogP contribution is -2.51. The van der Waals surface area contributed by atoms with Crippen LogP contribution in [-0.2, 0) is 4.74 Å². The van der Waals surface area contributed by atoms with Gasteiger partial charge in [0.25, 0.3) is 0 Å². The van der Waals surface area contributed by atoms with Crippen molar-refractivity contribution in [3.8, 4) is 0 Å². The predicted molar refractivity (Wildman–Crippen MR) is 74.1 cm³/mol. The lowest BCUT2D eigenvalue weighted by atomic mass is 9.74. The number of rotatable bonds is 5. The van der Waals surface area contributed by atoms with Crippen LogP contribution in [0.2, 0.25) is 0 Å². The highest BCUT2D eigenvalue weighted by Gasteiger charge is 2.43. The van der Waals surface area contributed by atoms with Gasteiger partial charge in [0.2, 0.25) is 0 Å². The third-order valence-corrected chi connectivity index (χ3v) is 3.99. The summed E-state index contributed by atoms with van der Waals surface area (Å²) in [5.74, 6) is 6.44. The van der Waals surface area contributed by atoms with Crippen molar-refractivity contribution >= 4 is 0 Å². The van der Waals surface area contributed by atoms with E-state index >= 15 is 0 Å². The molecular formula is C14H24N4O. The van der Waals surface area contributed by atoms with Gasteiger partial charge in [-0.15, -0.1) is 0 Å². The second-order valence-electron chi connectivity index (χ2n) is 5.43. The Kier molecular flexibility index (Phi) is 4.85. The summed E-state index contributed by atoms with van der Waals surface area (Å²) in [4.78, 5) is 8.54. The van der Waals surface area contributed by atoms with Crippen LogP contribution in [0.15, 0.2) is 18.6 Å². The molecule has 5 nitrogen and oxygen atoms in total. The predicted octanol–water partition coefficient (Wildman–Crippen LogP) is 1.97. The summed E-state index contributed by atoms with van der Waals surface area (Å²) in [6, 6.07) is -0.108. The number of nitrogens with two attached hydrogens (primary N) is 1. The minimum atomic E-state index is -0.267. The number of hydrogen-bond acceptors (Lipinski definition) is 5. The lowest BCUT2D eigenvalue weighted by Gasteiger charge is -2.44. The van der Waals surface area contributed by atoms with Crippen LogP contribution in [0, 0.1) is 5.92 Å². The molecule has 0 spiro atoms. The van der Waals surface area contributed by atoms with Gasteiger partial charge in [0, 0.05) is 19.0 Å². The average molecular weight is 264 g/mol. The van der Waals surface area contributed by atoms with Crippen LogP contribution in [-0.4, -0.2) is 22.2 Å². The first-order chi connectivity index (χ1) is 9.22. The van der Waals surface area contributed by atoms with Crippen molar-refractivity contribution in [3.63, 3.8) is 0 Å². The maximum absolute atomic E-state index is 6.14. The van der Waals surface area contributed by atoms with Crippen molar-refractivity contribution in [2.24, 2.45) is 11.8 Å². The highest BCUT2D eigenvalue weighted by atomic mass is 16.5. The third kappa shape index (κ3) is 3.11. The quantitative estimate of drug-likeness (QED) is 0.628. The second-order valence-corrected chi connectivity index (χ2v) is 5.43. The molecule has 5 heteroatoms. The van der Waals surface area contributed by atoms with E-state index in [2.05, 4.69) is 22.3 Å². The maximum Gasteiger partial charge on any atom is 0.0937 e. The normalized spacial score (nSPS) is 29.1. The number of hydrazine groups is 1. The Morgan fingerprint density at radius 1 is 1.58 bits per heavy atom. The molecule has 0 bridgehead atoms. The Balaban J connectivity index is 2.30. The van der Waals surface area contributed by atoms with Crippen LogP contribution in [0.5, 0.6) is 0 Å². The van der Waals surface area contributed by atoms with Crippen molar-refractivity contribution in [2.45, 2.75) is 51.2 Å². The molecule has 0 aromatic carbocycles. The monoisotopic (exact) mass is 264 g/mol. The molecule has 1 aliphatic rings. The Morgan fingerprint density at radius 3 is 3.00 bits per heavy atom. The number of aromatic nitrogens is 2. The van der Waals surface area contributed by atoms with Gasteiger partial charge in [-0.2, -0.15) is 0 Å². The van der Waals surface area contributed by atoms with Crippen LogP contribution in [0.4, 0.5) is 0 Å². The first-order valence-corrected chi connectivity index (χ1v) is 7.08. The zero-order chi connectivity index (χ0) is 13.7. The summed E-state index contributed by atoms with van der Waals surface area (Å²) in [5.41, 5.74) is 3.49. The molecule has 2 rings (SSSR count). The molecule has 19 heavy (non-hydrogen) atoms. The van der Waals surface area contributed by atoms with E-state index < -0.39 is 0 Å². The standard InChI is InChI=1S/C14H24N4O/c1-3-19-14(6-4-5-11(2)9-14)13(18-15)12-10-16-7-8-17-12/h7-8,10-11,13,18H,3-6,9,15H2,1-2H3. The van der Waals surface area contributed by atoms with Gasteiger partial charge < -0.3 is 4.74 Å². The van der Waals surface area contributed by atoms with Crippen molar-refractivity contribution in [3.05, 3.63) is 24.3 Å². The van der Waals surface area contributed by atoms with E-state index in [1.54, 1.807) is 18.6 Å². The molecule has 0 aliphatic heterocycles. The van der Waals surface area contributed by atoms with E-state index in [9.17, 15) is 0 Å². The van der Waals surface area contributed by atoms with Crippen molar-refractivity contribution in [2.75, 3.05) is 6.61 Å². The first kappa shape index (κ1) is 14.4.